The number of benzene rings is 1. The predicted octanol–water partition coefficient (Wildman–Crippen LogP) is 3.53. The molecule has 0 spiro atoms. The van der Waals surface area contributed by atoms with Gasteiger partial charge in [-0.15, -0.1) is 0 Å². The van der Waals surface area contributed by atoms with Crippen LogP contribution in [0, 0.1) is 24.1 Å². The highest BCUT2D eigenvalue weighted by atomic mass is 19.1. The first-order valence-corrected chi connectivity index (χ1v) is 9.63. The molecular weight excluding hydrogens is 383 g/mol. The maximum atomic E-state index is 13.8. The van der Waals surface area contributed by atoms with Crippen molar-refractivity contribution in [2.24, 2.45) is 5.10 Å². The van der Waals surface area contributed by atoms with Crippen molar-refractivity contribution < 1.29 is 9.18 Å². The summed E-state index contributed by atoms with van der Waals surface area (Å²) in [5, 5.41) is 14.5. The highest BCUT2D eigenvalue weighted by Crippen LogP contribution is 2.31. The van der Waals surface area contributed by atoms with E-state index in [0.717, 1.165) is 11.1 Å². The van der Waals surface area contributed by atoms with E-state index in [4.69, 9.17) is 5.26 Å². The van der Waals surface area contributed by atoms with Gasteiger partial charge < -0.3 is 4.90 Å². The number of aromatic nitrogens is 2. The summed E-state index contributed by atoms with van der Waals surface area (Å²) in [6.07, 6.45) is 4.73. The summed E-state index contributed by atoms with van der Waals surface area (Å²) < 4.78 is 13.8. The van der Waals surface area contributed by atoms with Gasteiger partial charge >= 0.3 is 0 Å². The molecule has 0 bridgehead atoms. The predicted molar refractivity (Wildman–Crippen MR) is 112 cm³/mol. The lowest BCUT2D eigenvalue weighted by Gasteiger charge is -2.24. The fourth-order valence-corrected chi connectivity index (χ4v) is 3.37. The zero-order valence-corrected chi connectivity index (χ0v) is 17.0. The summed E-state index contributed by atoms with van der Waals surface area (Å²) in [7, 11) is 1.86. The molecule has 0 saturated heterocycles. The molecule has 0 saturated carbocycles. The first kappa shape index (κ1) is 21.1. The molecule has 0 aliphatic carbocycles. The number of aryl methyl sites for hydroxylation is 1. The van der Waals surface area contributed by atoms with Crippen LogP contribution < -0.4 is 4.90 Å². The molecule has 1 unspecified atom stereocenters. The Kier molecular flexibility index (Phi) is 6.52. The molecule has 1 aromatic heterocycles. The Morgan fingerprint density at radius 3 is 2.90 bits per heavy atom. The number of anilines is 1. The fourth-order valence-electron chi connectivity index (χ4n) is 3.37. The molecule has 30 heavy (non-hydrogen) atoms. The van der Waals surface area contributed by atoms with Gasteiger partial charge in [0.15, 0.2) is 0 Å². The van der Waals surface area contributed by atoms with Gasteiger partial charge in [-0.3, -0.25) is 4.79 Å². The maximum Gasteiger partial charge on any atom is 0.269 e. The van der Waals surface area contributed by atoms with Crippen LogP contribution in [-0.4, -0.2) is 40.7 Å². The molecule has 1 amide bonds. The van der Waals surface area contributed by atoms with E-state index in [2.05, 4.69) is 21.6 Å². The van der Waals surface area contributed by atoms with Crippen LogP contribution in [0.4, 0.5) is 10.2 Å². The van der Waals surface area contributed by atoms with Crippen LogP contribution in [0.15, 0.2) is 47.8 Å². The van der Waals surface area contributed by atoms with Crippen LogP contribution in [-0.2, 0) is 4.79 Å². The topological polar surface area (TPSA) is 85.5 Å². The van der Waals surface area contributed by atoms with Crippen LogP contribution in [0.25, 0.3) is 0 Å². The molecule has 7 nitrogen and oxygen atoms in total. The number of rotatable bonds is 7. The molecule has 0 fully saturated rings. The summed E-state index contributed by atoms with van der Waals surface area (Å²) in [6.45, 7) is 6.38. The van der Waals surface area contributed by atoms with E-state index in [1.165, 1.54) is 23.5 Å². The van der Waals surface area contributed by atoms with Crippen LogP contribution >= 0.6 is 0 Å². The summed E-state index contributed by atoms with van der Waals surface area (Å²) in [5.41, 5.74) is 2.27. The zero-order valence-electron chi connectivity index (χ0n) is 17.0. The van der Waals surface area contributed by atoms with E-state index in [0.29, 0.717) is 42.9 Å². The van der Waals surface area contributed by atoms with Crippen molar-refractivity contribution >= 4 is 17.9 Å². The monoisotopic (exact) mass is 406 g/mol. The van der Waals surface area contributed by atoms with Crippen LogP contribution in [0.5, 0.6) is 0 Å². The standard InChI is InChI=1S/C22H23FN6O/c1-15-9-17(11-18(23)10-15)20-6-7-27-29(20)22(30)16(2)5-4-8-28(3)21-12-19(13-24)25-14-26-21/h7,9-12,14,20H,2,4-6,8H2,1,3H3. The number of nitriles is 1. The summed E-state index contributed by atoms with van der Waals surface area (Å²) >= 11 is 0. The van der Waals surface area contributed by atoms with Crippen molar-refractivity contribution in [3.8, 4) is 6.07 Å². The number of hydrogen-bond donors (Lipinski definition) is 0. The summed E-state index contributed by atoms with van der Waals surface area (Å²) in [5.74, 6) is 0.0618. The number of carbonyl (C=O) groups is 1. The number of amides is 1. The van der Waals surface area contributed by atoms with Crippen molar-refractivity contribution in [3.05, 3.63) is 65.4 Å². The lowest BCUT2D eigenvalue weighted by atomic mass is 10.0. The van der Waals surface area contributed by atoms with Gasteiger partial charge in [0, 0.05) is 37.9 Å². The van der Waals surface area contributed by atoms with Gasteiger partial charge in [-0.2, -0.15) is 10.4 Å². The lowest BCUT2D eigenvalue weighted by Crippen LogP contribution is -2.28. The van der Waals surface area contributed by atoms with Gasteiger partial charge in [0.25, 0.3) is 5.91 Å². The van der Waals surface area contributed by atoms with Crippen molar-refractivity contribution in [3.63, 3.8) is 0 Å². The van der Waals surface area contributed by atoms with Gasteiger partial charge in [0.05, 0.1) is 6.04 Å². The van der Waals surface area contributed by atoms with E-state index in [1.807, 2.05) is 31.0 Å². The number of hydrazone groups is 1. The Hall–Kier alpha value is -3.60. The second-order valence-electron chi connectivity index (χ2n) is 7.26. The quantitative estimate of drug-likeness (QED) is 0.657. The molecule has 2 aromatic rings. The van der Waals surface area contributed by atoms with E-state index in [1.54, 1.807) is 12.3 Å². The number of hydrogen-bond acceptors (Lipinski definition) is 6. The molecule has 1 aliphatic rings. The zero-order chi connectivity index (χ0) is 21.7. The number of nitrogens with zero attached hydrogens (tertiary/aromatic N) is 6. The van der Waals surface area contributed by atoms with Gasteiger partial charge in [-0.25, -0.2) is 19.4 Å². The molecule has 1 atom stereocenters. The summed E-state index contributed by atoms with van der Waals surface area (Å²) in [6, 6.07) is 8.06. The maximum absolute atomic E-state index is 13.8. The second-order valence-corrected chi connectivity index (χ2v) is 7.26. The van der Waals surface area contributed by atoms with Crippen molar-refractivity contribution in [2.75, 3.05) is 18.5 Å². The van der Waals surface area contributed by atoms with Crippen molar-refractivity contribution in [2.45, 2.75) is 32.2 Å². The molecular formula is C22H23FN6O. The molecule has 1 aromatic carbocycles. The summed E-state index contributed by atoms with van der Waals surface area (Å²) in [4.78, 5) is 22.8. The SMILES string of the molecule is C=C(CCCN(C)c1cc(C#N)ncn1)C(=O)N1N=CCC1c1cc(C)cc(F)c1. The van der Waals surface area contributed by atoms with E-state index >= 15 is 0 Å². The number of carbonyl (C=O) groups excluding carboxylic acids is 1. The molecule has 3 rings (SSSR count). The molecule has 2 heterocycles. The van der Waals surface area contributed by atoms with E-state index in [-0.39, 0.29) is 17.8 Å². The Morgan fingerprint density at radius 2 is 2.17 bits per heavy atom. The molecule has 154 valence electrons. The fraction of sp³-hybridized carbons (Fsp3) is 0.318. The highest BCUT2D eigenvalue weighted by molar-refractivity contribution is 5.94. The first-order chi connectivity index (χ1) is 14.4. The Labute approximate surface area is 175 Å². The highest BCUT2D eigenvalue weighted by Gasteiger charge is 2.29. The minimum absolute atomic E-state index is 0.257. The Balaban J connectivity index is 1.58. The molecule has 8 heteroatoms. The molecule has 0 radical (unpaired) electrons. The lowest BCUT2D eigenvalue weighted by molar-refractivity contribution is -0.129. The molecule has 0 N–H and O–H groups in total. The van der Waals surface area contributed by atoms with Gasteiger partial charge in [-0.1, -0.05) is 12.6 Å². The average molecular weight is 406 g/mol. The molecule has 1 aliphatic heterocycles. The van der Waals surface area contributed by atoms with Crippen molar-refractivity contribution in [1.29, 1.82) is 5.26 Å². The third-order valence-corrected chi connectivity index (χ3v) is 4.92. The Bertz CT molecular complexity index is 1010. The van der Waals surface area contributed by atoms with E-state index in [9.17, 15) is 9.18 Å². The third kappa shape index (κ3) is 4.87. The largest absolute Gasteiger partial charge is 0.360 e. The minimum Gasteiger partial charge on any atom is -0.360 e. The van der Waals surface area contributed by atoms with Gasteiger partial charge in [-0.05, 0) is 43.0 Å². The normalized spacial score (nSPS) is 15.1. The first-order valence-electron chi connectivity index (χ1n) is 9.63. The van der Waals surface area contributed by atoms with Crippen LogP contribution in [0.1, 0.15) is 42.1 Å². The minimum atomic E-state index is -0.324. The van der Waals surface area contributed by atoms with Crippen LogP contribution in [0.2, 0.25) is 0 Å². The van der Waals surface area contributed by atoms with Gasteiger partial charge in [0.1, 0.15) is 29.7 Å². The van der Waals surface area contributed by atoms with Gasteiger partial charge in [0.2, 0.25) is 0 Å². The van der Waals surface area contributed by atoms with E-state index < -0.39 is 0 Å². The van der Waals surface area contributed by atoms with Crippen molar-refractivity contribution in [1.82, 2.24) is 15.0 Å². The average Bonchev–Trinajstić information content (AvgIpc) is 3.22. The second kappa shape index (κ2) is 9.27. The smallest absolute Gasteiger partial charge is 0.269 e. The third-order valence-electron chi connectivity index (χ3n) is 4.92. The van der Waals surface area contributed by atoms with Crippen LogP contribution in [0.3, 0.4) is 0 Å². The number of halogens is 1. The Morgan fingerprint density at radius 1 is 1.37 bits per heavy atom.